The first kappa shape index (κ1) is 14.3. The van der Waals surface area contributed by atoms with Gasteiger partial charge in [0, 0.05) is 9.26 Å². The molecule has 0 saturated heterocycles. The maximum Gasteiger partial charge on any atom is 0.412 e. The van der Waals surface area contributed by atoms with Crippen LogP contribution >= 0.6 is 22.6 Å². The molecule has 0 fully saturated rings. The predicted octanol–water partition coefficient (Wildman–Crippen LogP) is 4.20. The molecule has 0 atom stereocenters. The lowest BCUT2D eigenvalue weighted by atomic mass is 10.1. The van der Waals surface area contributed by atoms with E-state index in [9.17, 15) is 4.79 Å². The molecule has 1 amide bonds. The Bertz CT molecular complexity index is 410. The number of rotatable bonds is 2. The van der Waals surface area contributed by atoms with Crippen molar-refractivity contribution in [1.82, 2.24) is 0 Å². The number of anilines is 1. The SMILES string of the molecule is CCc1ccc(NC(=O)OC(C)(C)C)cc1I. The van der Waals surface area contributed by atoms with Crippen LogP contribution in [0.5, 0.6) is 0 Å². The zero-order valence-electron chi connectivity index (χ0n) is 10.6. The van der Waals surface area contributed by atoms with Crippen molar-refractivity contribution < 1.29 is 9.53 Å². The summed E-state index contributed by atoms with van der Waals surface area (Å²) < 4.78 is 6.34. The molecule has 0 spiro atoms. The summed E-state index contributed by atoms with van der Waals surface area (Å²) in [6, 6.07) is 5.86. The lowest BCUT2D eigenvalue weighted by Gasteiger charge is -2.19. The molecule has 17 heavy (non-hydrogen) atoms. The number of aryl methyl sites for hydroxylation is 1. The van der Waals surface area contributed by atoms with Crippen molar-refractivity contribution in [2.75, 3.05) is 5.32 Å². The Labute approximate surface area is 116 Å². The normalized spacial score (nSPS) is 11.1. The van der Waals surface area contributed by atoms with E-state index in [1.54, 1.807) is 0 Å². The average Bonchev–Trinajstić information content (AvgIpc) is 2.14. The van der Waals surface area contributed by atoms with Crippen molar-refractivity contribution in [2.24, 2.45) is 0 Å². The third-order valence-corrected chi connectivity index (χ3v) is 3.08. The van der Waals surface area contributed by atoms with E-state index in [4.69, 9.17) is 4.74 Å². The zero-order chi connectivity index (χ0) is 13.1. The lowest BCUT2D eigenvalue weighted by molar-refractivity contribution is 0.0636. The van der Waals surface area contributed by atoms with E-state index >= 15 is 0 Å². The van der Waals surface area contributed by atoms with Crippen LogP contribution in [-0.2, 0) is 11.2 Å². The van der Waals surface area contributed by atoms with Crippen molar-refractivity contribution in [3.8, 4) is 0 Å². The average molecular weight is 347 g/mol. The van der Waals surface area contributed by atoms with Crippen LogP contribution in [0.4, 0.5) is 10.5 Å². The molecule has 0 heterocycles. The highest BCUT2D eigenvalue weighted by atomic mass is 127. The quantitative estimate of drug-likeness (QED) is 0.815. The van der Waals surface area contributed by atoms with Gasteiger partial charge < -0.3 is 4.74 Å². The number of carbonyl (C=O) groups is 1. The molecule has 1 N–H and O–H groups in total. The highest BCUT2D eigenvalue weighted by Gasteiger charge is 2.16. The first-order valence-corrected chi connectivity index (χ1v) is 6.68. The fourth-order valence-corrected chi connectivity index (χ4v) is 2.23. The molecule has 3 nitrogen and oxygen atoms in total. The fraction of sp³-hybridized carbons (Fsp3) is 0.462. The first-order valence-electron chi connectivity index (χ1n) is 5.60. The summed E-state index contributed by atoms with van der Waals surface area (Å²) >= 11 is 2.27. The second-order valence-corrected chi connectivity index (χ2v) is 5.95. The minimum absolute atomic E-state index is 0.419. The number of carbonyl (C=O) groups excluding carboxylic acids is 1. The van der Waals surface area contributed by atoms with Crippen molar-refractivity contribution in [3.05, 3.63) is 27.3 Å². The van der Waals surface area contributed by atoms with Crippen molar-refractivity contribution in [3.63, 3.8) is 0 Å². The van der Waals surface area contributed by atoms with Gasteiger partial charge in [0.15, 0.2) is 0 Å². The van der Waals surface area contributed by atoms with Crippen LogP contribution in [0.3, 0.4) is 0 Å². The summed E-state index contributed by atoms with van der Waals surface area (Å²) in [5.41, 5.74) is 1.57. The van der Waals surface area contributed by atoms with Gasteiger partial charge in [-0.3, -0.25) is 5.32 Å². The zero-order valence-corrected chi connectivity index (χ0v) is 12.8. The Hall–Kier alpha value is -0.780. The predicted molar refractivity (Wildman–Crippen MR) is 78.4 cm³/mol. The summed E-state index contributed by atoms with van der Waals surface area (Å²) in [5, 5.41) is 2.72. The number of nitrogens with one attached hydrogen (secondary N) is 1. The smallest absolute Gasteiger partial charge is 0.412 e. The van der Waals surface area contributed by atoms with Gasteiger partial charge in [0.05, 0.1) is 0 Å². The van der Waals surface area contributed by atoms with Crippen molar-refractivity contribution in [2.45, 2.75) is 39.7 Å². The summed E-state index contributed by atoms with van der Waals surface area (Å²) in [7, 11) is 0. The Morgan fingerprint density at radius 2 is 2.06 bits per heavy atom. The van der Waals surface area contributed by atoms with E-state index in [0.717, 1.165) is 15.7 Å². The second kappa shape index (κ2) is 5.71. The van der Waals surface area contributed by atoms with Crippen LogP contribution in [-0.4, -0.2) is 11.7 Å². The topological polar surface area (TPSA) is 38.3 Å². The summed E-state index contributed by atoms with van der Waals surface area (Å²) in [6.07, 6.45) is 0.572. The summed E-state index contributed by atoms with van der Waals surface area (Å²) in [4.78, 5) is 11.6. The standard InChI is InChI=1S/C13H18INO2/c1-5-9-6-7-10(8-11(9)14)15-12(16)17-13(2,3)4/h6-8H,5H2,1-4H3,(H,15,16). The minimum Gasteiger partial charge on any atom is -0.444 e. The fourth-order valence-electron chi connectivity index (χ4n) is 1.33. The molecular weight excluding hydrogens is 329 g/mol. The molecule has 0 aromatic heterocycles. The highest BCUT2D eigenvalue weighted by molar-refractivity contribution is 14.1. The van der Waals surface area contributed by atoms with Crippen molar-refractivity contribution >= 4 is 34.4 Å². The second-order valence-electron chi connectivity index (χ2n) is 4.79. The molecule has 0 radical (unpaired) electrons. The highest BCUT2D eigenvalue weighted by Crippen LogP contribution is 2.19. The van der Waals surface area contributed by atoms with E-state index in [0.29, 0.717) is 0 Å². The van der Waals surface area contributed by atoms with Gasteiger partial charge in [0.1, 0.15) is 5.60 Å². The molecule has 0 bridgehead atoms. The molecule has 1 aromatic rings. The van der Waals surface area contributed by atoms with Crippen LogP contribution in [0.1, 0.15) is 33.3 Å². The van der Waals surface area contributed by atoms with E-state index in [-0.39, 0.29) is 0 Å². The molecule has 0 unspecified atom stereocenters. The third-order valence-electron chi connectivity index (χ3n) is 2.08. The molecule has 94 valence electrons. The van der Waals surface area contributed by atoms with Gasteiger partial charge in [-0.05, 0) is 67.5 Å². The Kier molecular flexibility index (Phi) is 4.80. The Morgan fingerprint density at radius 3 is 2.53 bits per heavy atom. The number of hydrogen-bond acceptors (Lipinski definition) is 2. The molecule has 0 aliphatic heterocycles. The molecule has 1 rings (SSSR count). The number of benzene rings is 1. The largest absolute Gasteiger partial charge is 0.444 e. The van der Waals surface area contributed by atoms with Gasteiger partial charge in [-0.2, -0.15) is 0 Å². The van der Waals surface area contributed by atoms with Crippen LogP contribution in [0.25, 0.3) is 0 Å². The minimum atomic E-state index is -0.472. The van der Waals surface area contributed by atoms with Crippen LogP contribution in [0.15, 0.2) is 18.2 Å². The van der Waals surface area contributed by atoms with E-state index < -0.39 is 11.7 Å². The van der Waals surface area contributed by atoms with Crippen LogP contribution in [0.2, 0.25) is 0 Å². The molecule has 0 saturated carbocycles. The molecule has 0 aliphatic carbocycles. The maximum atomic E-state index is 11.6. The van der Waals surface area contributed by atoms with Crippen molar-refractivity contribution in [1.29, 1.82) is 0 Å². The van der Waals surface area contributed by atoms with Crippen LogP contribution in [0, 0.1) is 3.57 Å². The number of ether oxygens (including phenoxy) is 1. The monoisotopic (exact) mass is 347 g/mol. The summed E-state index contributed by atoms with van der Waals surface area (Å²) in [6.45, 7) is 7.64. The summed E-state index contributed by atoms with van der Waals surface area (Å²) in [5.74, 6) is 0. The molecular formula is C13H18INO2. The number of amides is 1. The van der Waals surface area contributed by atoms with Gasteiger partial charge in [-0.1, -0.05) is 13.0 Å². The van der Waals surface area contributed by atoms with Gasteiger partial charge in [-0.25, -0.2) is 4.79 Å². The molecule has 1 aromatic carbocycles. The van der Waals surface area contributed by atoms with Crippen LogP contribution < -0.4 is 5.32 Å². The number of hydrogen-bond donors (Lipinski definition) is 1. The Balaban J connectivity index is 2.69. The number of halogens is 1. The van der Waals surface area contributed by atoms with E-state index in [2.05, 4.69) is 34.8 Å². The Morgan fingerprint density at radius 1 is 1.41 bits per heavy atom. The van der Waals surface area contributed by atoms with E-state index in [1.165, 1.54) is 5.56 Å². The van der Waals surface area contributed by atoms with Gasteiger partial charge in [-0.15, -0.1) is 0 Å². The first-order chi connectivity index (χ1) is 7.81. The third kappa shape index (κ3) is 4.93. The van der Waals surface area contributed by atoms with Gasteiger partial charge in [0.25, 0.3) is 0 Å². The molecule has 0 aliphatic rings. The van der Waals surface area contributed by atoms with Gasteiger partial charge in [0.2, 0.25) is 0 Å². The lowest BCUT2D eigenvalue weighted by Crippen LogP contribution is -2.27. The van der Waals surface area contributed by atoms with E-state index in [1.807, 2.05) is 39.0 Å². The van der Waals surface area contributed by atoms with Gasteiger partial charge >= 0.3 is 6.09 Å². The molecule has 4 heteroatoms. The maximum absolute atomic E-state index is 11.6.